The molecular formula is C19H24N6O. The van der Waals surface area contributed by atoms with Gasteiger partial charge >= 0.3 is 0 Å². The number of furan rings is 1. The van der Waals surface area contributed by atoms with Crippen LogP contribution in [0.1, 0.15) is 30.4 Å². The average molecular weight is 352 g/mol. The number of imidazole rings is 1. The summed E-state index contributed by atoms with van der Waals surface area (Å²) in [6.45, 7) is 5.66. The standard InChI is InChI=1S/C19H24N6O/c1-2-10-25-11-9-21-17(25)13-22-18-14-5-7-20-8-6-15(14)23-19(24-18)16-4-3-12-26-16/h3-4,9,11-12,20H,2,5-8,10,13H2,1H3,(H,22,23,24). The third kappa shape index (κ3) is 3.48. The minimum Gasteiger partial charge on any atom is -0.461 e. The van der Waals surface area contributed by atoms with Gasteiger partial charge in [0.1, 0.15) is 11.6 Å². The van der Waals surface area contributed by atoms with Crippen molar-refractivity contribution in [2.45, 2.75) is 39.3 Å². The largest absolute Gasteiger partial charge is 0.461 e. The van der Waals surface area contributed by atoms with Gasteiger partial charge in [0.05, 0.1) is 18.5 Å². The minimum absolute atomic E-state index is 0.634. The van der Waals surface area contributed by atoms with Crippen LogP contribution in [-0.4, -0.2) is 32.6 Å². The summed E-state index contributed by atoms with van der Waals surface area (Å²) in [5.41, 5.74) is 2.29. The first-order chi connectivity index (χ1) is 12.8. The lowest BCUT2D eigenvalue weighted by atomic mass is 10.1. The first-order valence-corrected chi connectivity index (χ1v) is 9.23. The van der Waals surface area contributed by atoms with Crippen LogP contribution >= 0.6 is 0 Å². The smallest absolute Gasteiger partial charge is 0.197 e. The van der Waals surface area contributed by atoms with Crippen molar-refractivity contribution < 1.29 is 4.42 Å². The number of nitrogens with zero attached hydrogens (tertiary/aromatic N) is 4. The van der Waals surface area contributed by atoms with Crippen molar-refractivity contribution in [1.29, 1.82) is 0 Å². The molecule has 26 heavy (non-hydrogen) atoms. The van der Waals surface area contributed by atoms with Crippen molar-refractivity contribution in [2.24, 2.45) is 0 Å². The Kier molecular flexibility index (Phi) is 4.97. The predicted molar refractivity (Wildman–Crippen MR) is 99.9 cm³/mol. The molecule has 0 fully saturated rings. The molecule has 0 atom stereocenters. The molecular weight excluding hydrogens is 328 g/mol. The van der Waals surface area contributed by atoms with Gasteiger partial charge in [-0.2, -0.15) is 0 Å². The minimum atomic E-state index is 0.634. The van der Waals surface area contributed by atoms with E-state index in [1.165, 1.54) is 5.56 Å². The second-order valence-electron chi connectivity index (χ2n) is 6.44. The normalized spacial score (nSPS) is 14.0. The van der Waals surface area contributed by atoms with E-state index < -0.39 is 0 Å². The Labute approximate surface area is 152 Å². The van der Waals surface area contributed by atoms with Gasteiger partial charge in [-0.05, 0) is 31.5 Å². The van der Waals surface area contributed by atoms with E-state index in [0.29, 0.717) is 18.1 Å². The number of aromatic nitrogens is 4. The molecule has 7 heteroatoms. The van der Waals surface area contributed by atoms with E-state index in [0.717, 1.165) is 56.2 Å². The van der Waals surface area contributed by atoms with E-state index in [9.17, 15) is 0 Å². The molecule has 0 spiro atoms. The molecule has 0 saturated heterocycles. The lowest BCUT2D eigenvalue weighted by molar-refractivity contribution is 0.576. The van der Waals surface area contributed by atoms with E-state index in [4.69, 9.17) is 14.4 Å². The first kappa shape index (κ1) is 16.8. The zero-order valence-electron chi connectivity index (χ0n) is 15.0. The fraction of sp³-hybridized carbons (Fsp3) is 0.421. The Bertz CT molecular complexity index is 855. The third-order valence-electron chi connectivity index (χ3n) is 4.60. The average Bonchev–Trinajstić information content (AvgIpc) is 3.28. The Morgan fingerprint density at radius 1 is 1.27 bits per heavy atom. The Morgan fingerprint density at radius 3 is 3.04 bits per heavy atom. The quantitative estimate of drug-likeness (QED) is 0.710. The maximum absolute atomic E-state index is 5.51. The van der Waals surface area contributed by atoms with Crippen LogP contribution in [-0.2, 0) is 25.9 Å². The fourth-order valence-corrected chi connectivity index (χ4v) is 3.32. The summed E-state index contributed by atoms with van der Waals surface area (Å²) in [5, 5.41) is 6.94. The Hall–Kier alpha value is -2.67. The summed E-state index contributed by atoms with van der Waals surface area (Å²) in [5.74, 6) is 3.23. The summed E-state index contributed by atoms with van der Waals surface area (Å²) in [6, 6.07) is 3.76. The van der Waals surface area contributed by atoms with Gasteiger partial charge in [0.15, 0.2) is 11.6 Å². The summed E-state index contributed by atoms with van der Waals surface area (Å²) in [4.78, 5) is 14.0. The number of rotatable bonds is 6. The molecule has 4 rings (SSSR count). The highest BCUT2D eigenvalue weighted by molar-refractivity contribution is 5.56. The van der Waals surface area contributed by atoms with Crippen molar-refractivity contribution in [2.75, 3.05) is 18.4 Å². The Morgan fingerprint density at radius 2 is 2.19 bits per heavy atom. The number of nitrogens with one attached hydrogen (secondary N) is 2. The van der Waals surface area contributed by atoms with Crippen LogP contribution in [0, 0.1) is 0 Å². The molecule has 4 heterocycles. The van der Waals surface area contributed by atoms with E-state index in [1.54, 1.807) is 6.26 Å². The van der Waals surface area contributed by atoms with Gasteiger partial charge in [0, 0.05) is 37.5 Å². The van der Waals surface area contributed by atoms with Crippen molar-refractivity contribution in [3.05, 3.63) is 47.9 Å². The first-order valence-electron chi connectivity index (χ1n) is 9.23. The molecule has 0 amide bonds. The van der Waals surface area contributed by atoms with E-state index in [-0.39, 0.29) is 0 Å². The highest BCUT2D eigenvalue weighted by Gasteiger charge is 2.18. The molecule has 3 aromatic heterocycles. The van der Waals surface area contributed by atoms with Crippen LogP contribution < -0.4 is 10.6 Å². The molecule has 2 N–H and O–H groups in total. The van der Waals surface area contributed by atoms with Gasteiger partial charge in [-0.25, -0.2) is 15.0 Å². The zero-order chi connectivity index (χ0) is 17.8. The summed E-state index contributed by atoms with van der Waals surface area (Å²) < 4.78 is 7.70. The molecule has 7 nitrogen and oxygen atoms in total. The Balaban J connectivity index is 1.65. The van der Waals surface area contributed by atoms with Gasteiger partial charge in [-0.3, -0.25) is 0 Å². The van der Waals surface area contributed by atoms with Crippen molar-refractivity contribution in [1.82, 2.24) is 24.8 Å². The van der Waals surface area contributed by atoms with Crippen LogP contribution in [0.5, 0.6) is 0 Å². The number of fused-ring (bicyclic) bond motifs is 1. The number of aryl methyl sites for hydroxylation is 1. The summed E-state index contributed by atoms with van der Waals surface area (Å²) >= 11 is 0. The van der Waals surface area contributed by atoms with Gasteiger partial charge in [-0.15, -0.1) is 0 Å². The van der Waals surface area contributed by atoms with Crippen LogP contribution in [0.2, 0.25) is 0 Å². The van der Waals surface area contributed by atoms with E-state index in [2.05, 4.69) is 27.1 Å². The van der Waals surface area contributed by atoms with Crippen molar-refractivity contribution in [3.63, 3.8) is 0 Å². The number of hydrogen-bond donors (Lipinski definition) is 2. The fourth-order valence-electron chi connectivity index (χ4n) is 3.32. The van der Waals surface area contributed by atoms with Crippen LogP contribution in [0.4, 0.5) is 5.82 Å². The van der Waals surface area contributed by atoms with Crippen LogP contribution in [0.25, 0.3) is 11.6 Å². The van der Waals surface area contributed by atoms with Gasteiger partial charge in [-0.1, -0.05) is 6.92 Å². The molecule has 0 radical (unpaired) electrons. The van der Waals surface area contributed by atoms with Gasteiger partial charge < -0.3 is 19.6 Å². The molecule has 0 saturated carbocycles. The topological polar surface area (TPSA) is 80.8 Å². The lowest BCUT2D eigenvalue weighted by Crippen LogP contribution is -2.16. The molecule has 0 unspecified atom stereocenters. The van der Waals surface area contributed by atoms with Crippen LogP contribution in [0.3, 0.4) is 0 Å². The van der Waals surface area contributed by atoms with Gasteiger partial charge in [0.2, 0.25) is 0 Å². The maximum atomic E-state index is 5.51. The molecule has 136 valence electrons. The summed E-state index contributed by atoms with van der Waals surface area (Å²) in [7, 11) is 0. The molecule has 0 aromatic carbocycles. The van der Waals surface area contributed by atoms with Crippen molar-refractivity contribution >= 4 is 5.82 Å². The predicted octanol–water partition coefficient (Wildman–Crippen LogP) is 2.64. The zero-order valence-corrected chi connectivity index (χ0v) is 15.0. The number of anilines is 1. The van der Waals surface area contributed by atoms with Gasteiger partial charge in [0.25, 0.3) is 0 Å². The third-order valence-corrected chi connectivity index (χ3v) is 4.60. The van der Waals surface area contributed by atoms with Crippen LogP contribution in [0.15, 0.2) is 35.2 Å². The highest BCUT2D eigenvalue weighted by atomic mass is 16.3. The van der Waals surface area contributed by atoms with E-state index >= 15 is 0 Å². The highest BCUT2D eigenvalue weighted by Crippen LogP contribution is 2.25. The number of hydrogen-bond acceptors (Lipinski definition) is 6. The molecule has 0 aliphatic carbocycles. The SMILES string of the molecule is CCCn1ccnc1CNc1nc(-c2ccco2)nc2c1CCNCC2. The van der Waals surface area contributed by atoms with E-state index in [1.807, 2.05) is 24.5 Å². The van der Waals surface area contributed by atoms with Crippen molar-refractivity contribution in [3.8, 4) is 11.6 Å². The monoisotopic (exact) mass is 352 g/mol. The second-order valence-corrected chi connectivity index (χ2v) is 6.44. The maximum Gasteiger partial charge on any atom is 0.197 e. The second kappa shape index (κ2) is 7.70. The molecule has 3 aromatic rings. The summed E-state index contributed by atoms with van der Waals surface area (Å²) in [6.07, 6.45) is 8.43. The molecule has 1 aliphatic heterocycles. The lowest BCUT2D eigenvalue weighted by Gasteiger charge is -2.14. The molecule has 0 bridgehead atoms. The molecule has 1 aliphatic rings.